The van der Waals surface area contributed by atoms with E-state index >= 15 is 0 Å². The highest BCUT2D eigenvalue weighted by Gasteiger charge is 2.23. The Hall–Kier alpha value is -0.760. The summed E-state index contributed by atoms with van der Waals surface area (Å²) in [6, 6.07) is 2.09. The molecule has 0 aromatic carbocycles. The molecule has 2 rings (SSSR count). The molecular weight excluding hydrogens is 220 g/mol. The fraction of sp³-hybridized carbons (Fsp3) is 0.615. The quantitative estimate of drug-likeness (QED) is 0.747. The number of rotatable bonds is 4. The van der Waals surface area contributed by atoms with E-state index in [0.717, 1.165) is 11.5 Å². The summed E-state index contributed by atoms with van der Waals surface area (Å²) in [6.07, 6.45) is 7.70. The molecular formula is C13H19ClN2. The summed E-state index contributed by atoms with van der Waals surface area (Å²) >= 11 is 5.94. The predicted molar refractivity (Wildman–Crippen MR) is 69.0 cm³/mol. The van der Waals surface area contributed by atoms with Gasteiger partial charge in [-0.2, -0.15) is 0 Å². The van der Waals surface area contributed by atoms with E-state index in [4.69, 9.17) is 11.6 Å². The van der Waals surface area contributed by atoms with Crippen molar-refractivity contribution in [3.05, 3.63) is 24.0 Å². The van der Waals surface area contributed by atoms with Crippen molar-refractivity contribution in [3.63, 3.8) is 0 Å². The van der Waals surface area contributed by atoms with Crippen LogP contribution in [0.1, 0.15) is 31.7 Å². The molecule has 16 heavy (non-hydrogen) atoms. The van der Waals surface area contributed by atoms with Crippen LogP contribution in [0.15, 0.2) is 18.5 Å². The van der Waals surface area contributed by atoms with Gasteiger partial charge < -0.3 is 4.90 Å². The van der Waals surface area contributed by atoms with Crippen LogP contribution < -0.4 is 4.90 Å². The predicted octanol–water partition coefficient (Wildman–Crippen LogP) is 3.45. The van der Waals surface area contributed by atoms with E-state index in [-0.39, 0.29) is 0 Å². The van der Waals surface area contributed by atoms with Gasteiger partial charge in [-0.25, -0.2) is 0 Å². The molecule has 0 amide bonds. The van der Waals surface area contributed by atoms with E-state index in [9.17, 15) is 0 Å². The molecule has 1 aromatic rings. The van der Waals surface area contributed by atoms with Crippen LogP contribution in [-0.2, 0) is 5.88 Å². The Morgan fingerprint density at radius 1 is 1.56 bits per heavy atom. The SMILES string of the molecule is CCCC1CCN(c2ccncc2CCl)C1. The molecule has 1 aromatic heterocycles. The van der Waals surface area contributed by atoms with Gasteiger partial charge in [0, 0.05) is 36.7 Å². The standard InChI is InChI=1S/C13H19ClN2/c1-2-3-11-5-7-16(10-11)13-4-6-15-9-12(13)8-14/h4,6,9,11H,2-3,5,7-8,10H2,1H3. The average molecular weight is 239 g/mol. The van der Waals surface area contributed by atoms with Crippen molar-refractivity contribution in [2.24, 2.45) is 5.92 Å². The lowest BCUT2D eigenvalue weighted by Crippen LogP contribution is -2.20. The minimum Gasteiger partial charge on any atom is -0.371 e. The lowest BCUT2D eigenvalue weighted by atomic mass is 10.0. The maximum absolute atomic E-state index is 5.94. The van der Waals surface area contributed by atoms with E-state index in [1.807, 2.05) is 12.4 Å². The topological polar surface area (TPSA) is 16.1 Å². The fourth-order valence-corrected chi connectivity index (χ4v) is 2.73. The van der Waals surface area contributed by atoms with Crippen molar-refractivity contribution in [2.75, 3.05) is 18.0 Å². The van der Waals surface area contributed by atoms with Crippen molar-refractivity contribution in [1.82, 2.24) is 4.98 Å². The molecule has 0 N–H and O–H groups in total. The number of anilines is 1. The lowest BCUT2D eigenvalue weighted by Gasteiger charge is -2.21. The summed E-state index contributed by atoms with van der Waals surface area (Å²) in [4.78, 5) is 6.59. The largest absolute Gasteiger partial charge is 0.371 e. The molecule has 1 fully saturated rings. The van der Waals surface area contributed by atoms with Gasteiger partial charge >= 0.3 is 0 Å². The second-order valence-corrected chi connectivity index (χ2v) is 4.79. The highest BCUT2D eigenvalue weighted by molar-refractivity contribution is 6.17. The molecule has 0 spiro atoms. The molecule has 0 radical (unpaired) electrons. The van der Waals surface area contributed by atoms with E-state index in [1.165, 1.54) is 38.0 Å². The molecule has 0 aliphatic carbocycles. The van der Waals surface area contributed by atoms with Gasteiger partial charge in [-0.3, -0.25) is 4.98 Å². The Balaban J connectivity index is 2.08. The molecule has 0 bridgehead atoms. The fourth-order valence-electron chi connectivity index (χ4n) is 2.53. The Morgan fingerprint density at radius 3 is 3.19 bits per heavy atom. The number of nitrogens with zero attached hydrogens (tertiary/aromatic N) is 2. The van der Waals surface area contributed by atoms with Crippen LogP contribution in [0.5, 0.6) is 0 Å². The number of hydrogen-bond acceptors (Lipinski definition) is 2. The summed E-state index contributed by atoms with van der Waals surface area (Å²) in [7, 11) is 0. The zero-order chi connectivity index (χ0) is 11.4. The lowest BCUT2D eigenvalue weighted by molar-refractivity contribution is 0.530. The third-order valence-corrected chi connectivity index (χ3v) is 3.63. The zero-order valence-electron chi connectivity index (χ0n) is 9.82. The molecule has 1 atom stereocenters. The first-order chi connectivity index (χ1) is 7.85. The molecule has 3 heteroatoms. The smallest absolute Gasteiger partial charge is 0.0509 e. The molecule has 2 heterocycles. The van der Waals surface area contributed by atoms with Crippen molar-refractivity contribution in [1.29, 1.82) is 0 Å². The first-order valence-electron chi connectivity index (χ1n) is 6.09. The molecule has 2 nitrogen and oxygen atoms in total. The van der Waals surface area contributed by atoms with Gasteiger partial charge in [0.1, 0.15) is 0 Å². The van der Waals surface area contributed by atoms with Gasteiger partial charge in [0.25, 0.3) is 0 Å². The first-order valence-corrected chi connectivity index (χ1v) is 6.62. The first kappa shape index (κ1) is 11.7. The maximum Gasteiger partial charge on any atom is 0.0509 e. The third-order valence-electron chi connectivity index (χ3n) is 3.35. The average Bonchev–Trinajstić information content (AvgIpc) is 2.78. The van der Waals surface area contributed by atoms with Gasteiger partial charge in [-0.05, 0) is 24.8 Å². The second kappa shape index (κ2) is 5.53. The maximum atomic E-state index is 5.94. The highest BCUT2D eigenvalue weighted by Crippen LogP contribution is 2.29. The number of alkyl halides is 1. The molecule has 88 valence electrons. The summed E-state index contributed by atoms with van der Waals surface area (Å²) in [5.41, 5.74) is 2.44. The summed E-state index contributed by atoms with van der Waals surface area (Å²) in [6.45, 7) is 4.61. The number of halogens is 1. The molecule has 1 aliphatic rings. The van der Waals surface area contributed by atoms with Crippen molar-refractivity contribution in [2.45, 2.75) is 32.1 Å². The summed E-state index contributed by atoms with van der Waals surface area (Å²) in [5, 5.41) is 0. The molecule has 1 aliphatic heterocycles. The number of pyridine rings is 1. The van der Waals surface area contributed by atoms with Gasteiger partial charge in [0.05, 0.1) is 5.88 Å². The van der Waals surface area contributed by atoms with Crippen LogP contribution in [0.3, 0.4) is 0 Å². The third kappa shape index (κ3) is 2.49. The van der Waals surface area contributed by atoms with Gasteiger partial charge in [-0.15, -0.1) is 11.6 Å². The van der Waals surface area contributed by atoms with Gasteiger partial charge in [-0.1, -0.05) is 13.3 Å². The van der Waals surface area contributed by atoms with Gasteiger partial charge in [0.2, 0.25) is 0 Å². The van der Waals surface area contributed by atoms with Crippen LogP contribution in [0.2, 0.25) is 0 Å². The van der Waals surface area contributed by atoms with Crippen molar-refractivity contribution in [3.8, 4) is 0 Å². The van der Waals surface area contributed by atoms with Crippen molar-refractivity contribution < 1.29 is 0 Å². The summed E-state index contributed by atoms with van der Waals surface area (Å²) in [5.74, 6) is 1.42. The Bertz CT molecular complexity index is 340. The Labute approximate surface area is 103 Å². The molecule has 0 saturated carbocycles. The second-order valence-electron chi connectivity index (χ2n) is 4.53. The minimum absolute atomic E-state index is 0.554. The molecule has 1 saturated heterocycles. The van der Waals surface area contributed by atoms with Crippen LogP contribution in [0.25, 0.3) is 0 Å². The van der Waals surface area contributed by atoms with Crippen LogP contribution in [0.4, 0.5) is 5.69 Å². The van der Waals surface area contributed by atoms with Gasteiger partial charge in [0.15, 0.2) is 0 Å². The monoisotopic (exact) mass is 238 g/mol. The molecule has 1 unspecified atom stereocenters. The van der Waals surface area contributed by atoms with E-state index in [0.29, 0.717) is 5.88 Å². The van der Waals surface area contributed by atoms with E-state index in [2.05, 4.69) is 22.9 Å². The Kier molecular flexibility index (Phi) is 4.05. The minimum atomic E-state index is 0.554. The van der Waals surface area contributed by atoms with E-state index in [1.54, 1.807) is 0 Å². The van der Waals surface area contributed by atoms with E-state index < -0.39 is 0 Å². The Morgan fingerprint density at radius 2 is 2.44 bits per heavy atom. The van der Waals surface area contributed by atoms with Crippen LogP contribution in [0, 0.1) is 5.92 Å². The number of hydrogen-bond donors (Lipinski definition) is 0. The van der Waals surface area contributed by atoms with Crippen molar-refractivity contribution >= 4 is 17.3 Å². The summed E-state index contributed by atoms with van der Waals surface area (Å²) < 4.78 is 0. The van der Waals surface area contributed by atoms with Crippen LogP contribution in [-0.4, -0.2) is 18.1 Å². The zero-order valence-corrected chi connectivity index (χ0v) is 10.6. The van der Waals surface area contributed by atoms with Crippen LogP contribution >= 0.6 is 11.6 Å². The normalized spacial score (nSPS) is 20.4. The number of aromatic nitrogens is 1. The highest BCUT2D eigenvalue weighted by atomic mass is 35.5.